The Morgan fingerprint density at radius 3 is 3.04 bits per heavy atom. The number of nitrogens with zero attached hydrogens (tertiary/aromatic N) is 3. The van der Waals surface area contributed by atoms with E-state index in [9.17, 15) is 10.1 Å². The average Bonchev–Trinajstić information content (AvgIpc) is 3.39. The van der Waals surface area contributed by atoms with Crippen molar-refractivity contribution in [3.05, 3.63) is 58.3 Å². The van der Waals surface area contributed by atoms with Crippen molar-refractivity contribution in [1.82, 2.24) is 10.3 Å². The summed E-state index contributed by atoms with van der Waals surface area (Å²) in [5.41, 5.74) is 7.48. The Bertz CT molecular complexity index is 1030. The van der Waals surface area contributed by atoms with Crippen molar-refractivity contribution in [3.63, 3.8) is 0 Å². The maximum atomic E-state index is 12.4. The summed E-state index contributed by atoms with van der Waals surface area (Å²) >= 11 is 1.61. The first kappa shape index (κ1) is 18.4. The lowest BCUT2D eigenvalue weighted by molar-refractivity contribution is -0.122. The van der Waals surface area contributed by atoms with Crippen LogP contribution in [0.3, 0.4) is 0 Å². The summed E-state index contributed by atoms with van der Waals surface area (Å²) in [6, 6.07) is 15.3. The third kappa shape index (κ3) is 3.84. The van der Waals surface area contributed by atoms with Crippen molar-refractivity contribution in [1.29, 1.82) is 5.26 Å². The summed E-state index contributed by atoms with van der Waals surface area (Å²) in [4.78, 5) is 20.3. The maximum absolute atomic E-state index is 12.4. The van der Waals surface area contributed by atoms with E-state index in [2.05, 4.69) is 16.3 Å². The van der Waals surface area contributed by atoms with Gasteiger partial charge in [0.15, 0.2) is 0 Å². The zero-order valence-corrected chi connectivity index (χ0v) is 16.2. The molecule has 1 aromatic carbocycles. The Kier molecular flexibility index (Phi) is 5.24. The molecule has 6 nitrogen and oxygen atoms in total. The number of anilines is 1. The van der Waals surface area contributed by atoms with E-state index in [1.807, 2.05) is 47.8 Å². The molecule has 0 unspecified atom stereocenters. The number of thiophene rings is 1. The van der Waals surface area contributed by atoms with Crippen molar-refractivity contribution in [2.75, 3.05) is 18.0 Å². The second kappa shape index (κ2) is 7.97. The van der Waals surface area contributed by atoms with Gasteiger partial charge in [0, 0.05) is 35.8 Å². The largest absolute Gasteiger partial charge is 0.353 e. The first-order valence-electron chi connectivity index (χ1n) is 9.27. The van der Waals surface area contributed by atoms with Gasteiger partial charge in [0.1, 0.15) is 11.9 Å². The second-order valence-electron chi connectivity index (χ2n) is 6.99. The molecule has 4 rings (SSSR count). The average molecular weight is 392 g/mol. The molecule has 1 amide bonds. The fourth-order valence-corrected chi connectivity index (χ4v) is 4.31. The number of nitrogens with two attached hydrogens (primary N) is 1. The number of pyridine rings is 1. The molecule has 0 aliphatic carbocycles. The highest BCUT2D eigenvalue weighted by Crippen LogP contribution is 2.26. The Morgan fingerprint density at radius 1 is 1.39 bits per heavy atom. The molecule has 3 aromatic rings. The number of nitrogens with one attached hydrogen (secondary N) is 1. The first-order chi connectivity index (χ1) is 13.6. The highest BCUT2D eigenvalue weighted by atomic mass is 32.1. The number of amides is 1. The van der Waals surface area contributed by atoms with Gasteiger partial charge in [-0.05, 0) is 30.0 Å². The predicted molar refractivity (Wildman–Crippen MR) is 111 cm³/mol. The molecule has 1 aliphatic heterocycles. The predicted octanol–water partition coefficient (Wildman–Crippen LogP) is 2.43. The Labute approximate surface area is 167 Å². The van der Waals surface area contributed by atoms with Gasteiger partial charge in [-0.25, -0.2) is 4.98 Å². The molecular weight excluding hydrogens is 370 g/mol. The summed E-state index contributed by atoms with van der Waals surface area (Å²) in [6.45, 7) is 1.36. The van der Waals surface area contributed by atoms with Crippen LogP contribution < -0.4 is 16.0 Å². The number of fused-ring (bicyclic) bond motifs is 1. The molecule has 0 bridgehead atoms. The standard InChI is InChI=1S/C21H21N5OS/c22-12-15-10-14-4-1-2-6-19(14)25-20(15)26-8-7-16(13-26)24-21(27)18(23)11-17-5-3-9-28-17/h1-6,9-10,16,18H,7-8,11,13,23H2,(H,24,27)/t16-,18-/m0/s1. The second-order valence-corrected chi connectivity index (χ2v) is 8.03. The number of nitriles is 1. The fraction of sp³-hybridized carbons (Fsp3) is 0.286. The highest BCUT2D eigenvalue weighted by molar-refractivity contribution is 7.09. The van der Waals surface area contributed by atoms with E-state index in [4.69, 9.17) is 10.7 Å². The number of hydrogen-bond donors (Lipinski definition) is 2. The topological polar surface area (TPSA) is 95.0 Å². The van der Waals surface area contributed by atoms with Crippen LogP contribution in [0.4, 0.5) is 5.82 Å². The minimum absolute atomic E-state index is 0.00157. The van der Waals surface area contributed by atoms with E-state index in [0.717, 1.165) is 28.7 Å². The first-order valence-corrected chi connectivity index (χ1v) is 10.1. The molecule has 7 heteroatoms. The van der Waals surface area contributed by atoms with E-state index in [0.29, 0.717) is 24.3 Å². The third-order valence-electron chi connectivity index (χ3n) is 5.00. The Morgan fingerprint density at radius 2 is 2.25 bits per heavy atom. The molecule has 3 heterocycles. The molecule has 1 saturated heterocycles. The molecular formula is C21H21N5OS. The molecule has 0 radical (unpaired) electrons. The van der Waals surface area contributed by atoms with Crippen molar-refractivity contribution in [2.24, 2.45) is 5.73 Å². The number of hydrogen-bond acceptors (Lipinski definition) is 6. The number of carbonyl (C=O) groups excluding carboxylic acids is 1. The number of benzene rings is 1. The lowest BCUT2D eigenvalue weighted by Gasteiger charge is -2.20. The van der Waals surface area contributed by atoms with Crippen LogP contribution in [-0.2, 0) is 11.2 Å². The van der Waals surface area contributed by atoms with Crippen LogP contribution in [0.1, 0.15) is 16.9 Å². The molecule has 2 aromatic heterocycles. The highest BCUT2D eigenvalue weighted by Gasteiger charge is 2.28. The van der Waals surface area contributed by atoms with Crippen LogP contribution in [-0.4, -0.2) is 36.1 Å². The molecule has 3 N–H and O–H groups in total. The van der Waals surface area contributed by atoms with E-state index >= 15 is 0 Å². The van der Waals surface area contributed by atoms with Crippen molar-refractivity contribution in [2.45, 2.75) is 24.9 Å². The monoisotopic (exact) mass is 391 g/mol. The molecule has 0 saturated carbocycles. The summed E-state index contributed by atoms with van der Waals surface area (Å²) in [5.74, 6) is 0.549. The molecule has 28 heavy (non-hydrogen) atoms. The Hall–Kier alpha value is -2.95. The van der Waals surface area contributed by atoms with Crippen LogP contribution >= 0.6 is 11.3 Å². The molecule has 142 valence electrons. The minimum atomic E-state index is -0.554. The van der Waals surface area contributed by atoms with E-state index in [1.165, 1.54) is 0 Å². The van der Waals surface area contributed by atoms with Gasteiger partial charge in [-0.1, -0.05) is 24.3 Å². The van der Waals surface area contributed by atoms with Gasteiger partial charge < -0.3 is 16.0 Å². The molecule has 1 fully saturated rings. The summed E-state index contributed by atoms with van der Waals surface area (Å²) in [6.07, 6.45) is 1.35. The zero-order valence-electron chi connectivity index (χ0n) is 15.3. The Balaban J connectivity index is 1.43. The van der Waals surface area contributed by atoms with Crippen molar-refractivity contribution in [3.8, 4) is 6.07 Å². The van der Waals surface area contributed by atoms with Crippen LogP contribution in [0.5, 0.6) is 0 Å². The van der Waals surface area contributed by atoms with Crippen molar-refractivity contribution < 1.29 is 4.79 Å². The van der Waals surface area contributed by atoms with E-state index in [-0.39, 0.29) is 11.9 Å². The minimum Gasteiger partial charge on any atom is -0.353 e. The third-order valence-corrected chi connectivity index (χ3v) is 5.90. The number of carbonyl (C=O) groups is 1. The van der Waals surface area contributed by atoms with Crippen LogP contribution in [0.15, 0.2) is 47.8 Å². The van der Waals surface area contributed by atoms with Gasteiger partial charge in [0.05, 0.1) is 17.1 Å². The molecule has 1 aliphatic rings. The lowest BCUT2D eigenvalue weighted by atomic mass is 10.1. The van der Waals surface area contributed by atoms with Gasteiger partial charge in [0.2, 0.25) is 5.91 Å². The van der Waals surface area contributed by atoms with Gasteiger partial charge in [-0.2, -0.15) is 5.26 Å². The van der Waals surface area contributed by atoms with Crippen LogP contribution in [0, 0.1) is 11.3 Å². The normalized spacial score (nSPS) is 17.4. The SMILES string of the molecule is N#Cc1cc2ccccc2nc1N1CC[C@H](NC(=O)[C@@H](N)Cc2cccs2)C1. The van der Waals surface area contributed by atoms with Gasteiger partial charge >= 0.3 is 0 Å². The van der Waals surface area contributed by atoms with Crippen molar-refractivity contribution >= 4 is 34.0 Å². The van der Waals surface area contributed by atoms with Gasteiger partial charge in [-0.15, -0.1) is 11.3 Å². The maximum Gasteiger partial charge on any atom is 0.237 e. The smallest absolute Gasteiger partial charge is 0.237 e. The molecule has 2 atom stereocenters. The molecule has 0 spiro atoms. The van der Waals surface area contributed by atoms with Gasteiger partial charge in [-0.3, -0.25) is 4.79 Å². The van der Waals surface area contributed by atoms with E-state index < -0.39 is 6.04 Å². The van der Waals surface area contributed by atoms with Crippen LogP contribution in [0.25, 0.3) is 10.9 Å². The number of rotatable bonds is 5. The number of aromatic nitrogens is 1. The van der Waals surface area contributed by atoms with Gasteiger partial charge in [0.25, 0.3) is 0 Å². The quantitative estimate of drug-likeness (QED) is 0.696. The zero-order chi connectivity index (χ0) is 19.5. The van der Waals surface area contributed by atoms with E-state index in [1.54, 1.807) is 11.3 Å². The summed E-state index contributed by atoms with van der Waals surface area (Å²) in [5, 5.41) is 15.5. The summed E-state index contributed by atoms with van der Waals surface area (Å²) in [7, 11) is 0. The van der Waals surface area contributed by atoms with Crippen LogP contribution in [0.2, 0.25) is 0 Å². The lowest BCUT2D eigenvalue weighted by Crippen LogP contribution is -2.47. The summed E-state index contributed by atoms with van der Waals surface area (Å²) < 4.78 is 0. The fourth-order valence-electron chi connectivity index (χ4n) is 3.55. The number of para-hydroxylation sites is 1.